The minimum atomic E-state index is 0.256. The van der Waals surface area contributed by atoms with Crippen molar-refractivity contribution in [3.8, 4) is 0 Å². The second-order valence-electron chi connectivity index (χ2n) is 8.82. The van der Waals surface area contributed by atoms with Crippen LogP contribution in [0.25, 0.3) is 0 Å². The molecule has 0 radical (unpaired) electrons. The molecule has 1 aliphatic rings. The van der Waals surface area contributed by atoms with E-state index < -0.39 is 0 Å². The van der Waals surface area contributed by atoms with Gasteiger partial charge in [-0.05, 0) is 37.2 Å². The Morgan fingerprint density at radius 3 is 1.96 bits per heavy atom. The third-order valence-corrected chi connectivity index (χ3v) is 6.12. The van der Waals surface area contributed by atoms with Crippen LogP contribution in [0.1, 0.15) is 109 Å². The SMILES string of the molecule is CCCCCCCCCCCCCC(Cc1ccccc1)C(=O)CC1CC1. The third kappa shape index (κ3) is 10.7. The van der Waals surface area contributed by atoms with Crippen LogP contribution in [0, 0.1) is 11.8 Å². The first-order valence-corrected chi connectivity index (χ1v) is 11.9. The molecule has 1 aromatic rings. The lowest BCUT2D eigenvalue weighted by Crippen LogP contribution is -2.18. The molecule has 1 atom stereocenters. The average Bonchev–Trinajstić information content (AvgIpc) is 3.50. The van der Waals surface area contributed by atoms with Crippen molar-refractivity contribution in [2.24, 2.45) is 11.8 Å². The van der Waals surface area contributed by atoms with E-state index >= 15 is 0 Å². The first kappa shape index (κ1) is 22.2. The van der Waals surface area contributed by atoms with Crippen molar-refractivity contribution in [2.45, 2.75) is 110 Å². The number of hydrogen-bond donors (Lipinski definition) is 0. The number of rotatable bonds is 17. The summed E-state index contributed by atoms with van der Waals surface area (Å²) in [5, 5.41) is 0. The van der Waals surface area contributed by atoms with Gasteiger partial charge in [0.1, 0.15) is 5.78 Å². The maximum absolute atomic E-state index is 12.7. The first-order valence-electron chi connectivity index (χ1n) is 11.9. The summed E-state index contributed by atoms with van der Waals surface area (Å²) >= 11 is 0. The summed E-state index contributed by atoms with van der Waals surface area (Å²) in [6.45, 7) is 2.28. The lowest BCUT2D eigenvalue weighted by Gasteiger charge is -2.16. The number of Topliss-reactive ketones (excluding diaryl/α,β-unsaturated/α-hetero) is 1. The van der Waals surface area contributed by atoms with E-state index in [1.54, 1.807) is 0 Å². The highest BCUT2D eigenvalue weighted by atomic mass is 16.1. The molecule has 1 aromatic carbocycles. The Morgan fingerprint density at radius 1 is 0.852 bits per heavy atom. The van der Waals surface area contributed by atoms with Crippen LogP contribution < -0.4 is 0 Å². The summed E-state index contributed by atoms with van der Waals surface area (Å²) in [6, 6.07) is 10.6. The van der Waals surface area contributed by atoms with Crippen molar-refractivity contribution in [2.75, 3.05) is 0 Å². The molecule has 1 saturated carbocycles. The van der Waals surface area contributed by atoms with Crippen LogP contribution in [0.3, 0.4) is 0 Å². The standard InChI is InChI=1S/C26H42O/c1-2-3-4-5-6-7-8-9-10-11-15-18-25(26(27)22-24-19-20-24)21-23-16-13-12-14-17-23/h12-14,16-17,24-25H,2-11,15,18-22H2,1H3. The van der Waals surface area contributed by atoms with Crippen molar-refractivity contribution in [3.05, 3.63) is 35.9 Å². The molecule has 0 bridgehead atoms. The minimum absolute atomic E-state index is 0.256. The highest BCUT2D eigenvalue weighted by Crippen LogP contribution is 2.34. The third-order valence-electron chi connectivity index (χ3n) is 6.12. The summed E-state index contributed by atoms with van der Waals surface area (Å²) in [4.78, 5) is 12.7. The summed E-state index contributed by atoms with van der Waals surface area (Å²) in [7, 11) is 0. The van der Waals surface area contributed by atoms with Crippen molar-refractivity contribution >= 4 is 5.78 Å². The van der Waals surface area contributed by atoms with Crippen LogP contribution in [0.2, 0.25) is 0 Å². The lowest BCUT2D eigenvalue weighted by molar-refractivity contribution is -0.123. The van der Waals surface area contributed by atoms with Gasteiger partial charge in [-0.1, -0.05) is 108 Å². The molecule has 0 N–H and O–H groups in total. The van der Waals surface area contributed by atoms with Gasteiger partial charge in [0, 0.05) is 12.3 Å². The van der Waals surface area contributed by atoms with E-state index in [9.17, 15) is 4.79 Å². The fourth-order valence-corrected chi connectivity index (χ4v) is 4.10. The van der Waals surface area contributed by atoms with Crippen molar-refractivity contribution in [1.82, 2.24) is 0 Å². The Labute approximate surface area is 168 Å². The van der Waals surface area contributed by atoms with Gasteiger partial charge in [-0.3, -0.25) is 4.79 Å². The van der Waals surface area contributed by atoms with Crippen molar-refractivity contribution < 1.29 is 4.79 Å². The molecule has 0 amide bonds. The van der Waals surface area contributed by atoms with E-state index in [0.29, 0.717) is 11.7 Å². The predicted octanol–water partition coefficient (Wildman–Crippen LogP) is 7.92. The largest absolute Gasteiger partial charge is 0.299 e. The molecule has 27 heavy (non-hydrogen) atoms. The summed E-state index contributed by atoms with van der Waals surface area (Å²) in [6.07, 6.45) is 20.6. The van der Waals surface area contributed by atoms with Crippen molar-refractivity contribution in [1.29, 1.82) is 0 Å². The monoisotopic (exact) mass is 370 g/mol. The molecule has 1 nitrogen and oxygen atoms in total. The molecule has 1 unspecified atom stereocenters. The molecular formula is C26H42O. The summed E-state index contributed by atoms with van der Waals surface area (Å²) < 4.78 is 0. The lowest BCUT2D eigenvalue weighted by atomic mass is 9.88. The highest BCUT2D eigenvalue weighted by Gasteiger charge is 2.28. The Balaban J connectivity index is 1.57. The summed E-state index contributed by atoms with van der Waals surface area (Å²) in [5.41, 5.74) is 1.33. The minimum Gasteiger partial charge on any atom is -0.299 e. The molecule has 1 fully saturated rings. The van der Waals surface area contributed by atoms with Crippen LogP contribution in [0.4, 0.5) is 0 Å². The quantitative estimate of drug-likeness (QED) is 0.254. The maximum atomic E-state index is 12.7. The van der Waals surface area contributed by atoms with Crippen LogP contribution in [0.15, 0.2) is 30.3 Å². The number of carbonyl (C=O) groups is 1. The van der Waals surface area contributed by atoms with Gasteiger partial charge in [0.15, 0.2) is 0 Å². The fraction of sp³-hybridized carbons (Fsp3) is 0.731. The van der Waals surface area contributed by atoms with Gasteiger partial charge in [0.05, 0.1) is 0 Å². The number of hydrogen-bond acceptors (Lipinski definition) is 1. The number of carbonyl (C=O) groups excluding carboxylic acids is 1. The second-order valence-corrected chi connectivity index (χ2v) is 8.82. The van der Waals surface area contributed by atoms with Crippen LogP contribution in [-0.4, -0.2) is 5.78 Å². The maximum Gasteiger partial charge on any atom is 0.136 e. The Kier molecular flexibility index (Phi) is 11.5. The fourth-order valence-electron chi connectivity index (χ4n) is 4.10. The van der Waals surface area contributed by atoms with E-state index in [1.165, 1.54) is 89.0 Å². The number of benzene rings is 1. The van der Waals surface area contributed by atoms with Crippen LogP contribution >= 0.6 is 0 Å². The van der Waals surface area contributed by atoms with E-state index in [-0.39, 0.29) is 5.92 Å². The van der Waals surface area contributed by atoms with Gasteiger partial charge in [-0.2, -0.15) is 0 Å². The van der Waals surface area contributed by atoms with Gasteiger partial charge in [0.2, 0.25) is 0 Å². The molecule has 152 valence electrons. The van der Waals surface area contributed by atoms with E-state index in [2.05, 4.69) is 37.3 Å². The van der Waals surface area contributed by atoms with Gasteiger partial charge in [-0.25, -0.2) is 0 Å². The number of unbranched alkanes of at least 4 members (excludes halogenated alkanes) is 10. The van der Waals surface area contributed by atoms with E-state index in [4.69, 9.17) is 0 Å². The zero-order valence-electron chi connectivity index (χ0n) is 17.8. The molecule has 0 aliphatic heterocycles. The highest BCUT2D eigenvalue weighted by molar-refractivity contribution is 5.81. The Hall–Kier alpha value is -1.11. The van der Waals surface area contributed by atoms with Gasteiger partial charge in [0.25, 0.3) is 0 Å². The number of ketones is 1. The van der Waals surface area contributed by atoms with Gasteiger partial charge in [-0.15, -0.1) is 0 Å². The Morgan fingerprint density at radius 2 is 1.41 bits per heavy atom. The van der Waals surface area contributed by atoms with Crippen LogP contribution in [0.5, 0.6) is 0 Å². The molecule has 1 heteroatoms. The molecular weight excluding hydrogens is 328 g/mol. The van der Waals surface area contributed by atoms with Crippen molar-refractivity contribution in [3.63, 3.8) is 0 Å². The zero-order chi connectivity index (χ0) is 19.2. The zero-order valence-corrected chi connectivity index (χ0v) is 17.8. The smallest absolute Gasteiger partial charge is 0.136 e. The van der Waals surface area contributed by atoms with E-state index in [0.717, 1.165) is 19.3 Å². The second kappa shape index (κ2) is 14.0. The molecule has 2 rings (SSSR count). The molecule has 1 aliphatic carbocycles. The molecule has 0 aromatic heterocycles. The predicted molar refractivity (Wildman–Crippen MR) is 117 cm³/mol. The Bertz CT molecular complexity index is 488. The topological polar surface area (TPSA) is 17.1 Å². The molecule has 0 heterocycles. The average molecular weight is 371 g/mol. The molecule has 0 saturated heterocycles. The first-order chi connectivity index (χ1) is 13.3. The molecule has 0 spiro atoms. The van der Waals surface area contributed by atoms with Gasteiger partial charge >= 0.3 is 0 Å². The van der Waals surface area contributed by atoms with Crippen LogP contribution in [-0.2, 0) is 11.2 Å². The summed E-state index contributed by atoms with van der Waals surface area (Å²) in [5.74, 6) is 1.51. The normalized spacial score (nSPS) is 15.0. The van der Waals surface area contributed by atoms with Gasteiger partial charge < -0.3 is 0 Å². The van der Waals surface area contributed by atoms with E-state index in [1.807, 2.05) is 0 Å².